The molecule has 4 N–H and O–H groups in total. The zero-order valence-corrected chi connectivity index (χ0v) is 24.2. The van der Waals surface area contributed by atoms with Crippen molar-refractivity contribution in [1.29, 1.82) is 0 Å². The number of nitrogens with zero attached hydrogens (tertiary/aromatic N) is 1. The molecule has 3 aromatic carbocycles. The quantitative estimate of drug-likeness (QED) is 0.128. The first-order chi connectivity index (χ1) is 20.9. The fourth-order valence-electron chi connectivity index (χ4n) is 4.96. The summed E-state index contributed by atoms with van der Waals surface area (Å²) >= 11 is 0. The van der Waals surface area contributed by atoms with E-state index in [9.17, 15) is 24.6 Å². The van der Waals surface area contributed by atoms with E-state index in [0.717, 1.165) is 35.8 Å². The van der Waals surface area contributed by atoms with E-state index in [2.05, 4.69) is 10.8 Å². The van der Waals surface area contributed by atoms with Crippen molar-refractivity contribution >= 4 is 17.6 Å². The van der Waals surface area contributed by atoms with Crippen LogP contribution < -0.4 is 10.8 Å². The smallest absolute Gasteiger partial charge is 0.257 e. The van der Waals surface area contributed by atoms with Gasteiger partial charge in [0.2, 0.25) is 11.7 Å². The summed E-state index contributed by atoms with van der Waals surface area (Å²) in [5.41, 5.74) is 6.56. The Labute approximate surface area is 251 Å². The number of benzene rings is 3. The molecule has 1 saturated heterocycles. The predicted molar refractivity (Wildman–Crippen MR) is 160 cm³/mol. The van der Waals surface area contributed by atoms with E-state index in [1.165, 1.54) is 0 Å². The second kappa shape index (κ2) is 16.1. The Morgan fingerprint density at radius 1 is 0.907 bits per heavy atom. The van der Waals surface area contributed by atoms with Crippen LogP contribution in [0.4, 0.5) is 0 Å². The summed E-state index contributed by atoms with van der Waals surface area (Å²) in [4.78, 5) is 46.3. The highest BCUT2D eigenvalue weighted by atomic mass is 16.6. The van der Waals surface area contributed by atoms with Crippen molar-refractivity contribution in [2.75, 3.05) is 20.2 Å². The molecule has 1 unspecified atom stereocenters. The highest BCUT2D eigenvalue weighted by Gasteiger charge is 2.37. The lowest BCUT2D eigenvalue weighted by atomic mass is 10.0. The van der Waals surface area contributed by atoms with Crippen molar-refractivity contribution in [1.82, 2.24) is 15.7 Å². The molecule has 4 rings (SSSR count). The standard InChI is InChI=1S/C33H39N3O7/c1-42-31(30(39)29(38)28(37)20-34-43-22-24-10-4-2-5-11-24)32(40)35-27-14-8-9-19-36(33(27)41)21-23-15-17-26(18-16-23)25-12-6-3-7-13-25/h2-7,10-13,15-18,27-29,31,34,37-38H,8-9,14,19-22H2,1H3,(H,35,40)/t27?,28-,29-,31+/m0/s1. The van der Waals surface area contributed by atoms with Gasteiger partial charge in [0, 0.05) is 20.2 Å². The third-order valence-corrected chi connectivity index (χ3v) is 7.40. The Balaban J connectivity index is 1.30. The van der Waals surface area contributed by atoms with Crippen molar-refractivity contribution in [3.05, 3.63) is 96.1 Å². The second-order valence-electron chi connectivity index (χ2n) is 10.5. The van der Waals surface area contributed by atoms with Gasteiger partial charge in [-0.25, -0.2) is 0 Å². The van der Waals surface area contributed by atoms with Crippen LogP contribution in [0.3, 0.4) is 0 Å². The number of hydrogen-bond donors (Lipinski definition) is 4. The molecule has 1 aliphatic rings. The van der Waals surface area contributed by atoms with Gasteiger partial charge >= 0.3 is 0 Å². The number of methoxy groups -OCH3 is 1. The number of likely N-dealkylation sites (tertiary alicyclic amines) is 1. The number of carbonyl (C=O) groups excluding carboxylic acids is 3. The van der Waals surface area contributed by atoms with Gasteiger partial charge in [-0.2, -0.15) is 5.48 Å². The fraction of sp³-hybridized carbons (Fsp3) is 0.364. The number of hydroxylamine groups is 1. The fourth-order valence-corrected chi connectivity index (χ4v) is 4.96. The van der Waals surface area contributed by atoms with Gasteiger partial charge in [0.05, 0.1) is 13.2 Å². The molecule has 0 bridgehead atoms. The van der Waals surface area contributed by atoms with E-state index in [1.54, 1.807) is 4.90 Å². The third-order valence-electron chi connectivity index (χ3n) is 7.40. The molecule has 1 fully saturated rings. The summed E-state index contributed by atoms with van der Waals surface area (Å²) < 4.78 is 5.10. The lowest BCUT2D eigenvalue weighted by Gasteiger charge is -2.27. The van der Waals surface area contributed by atoms with Gasteiger partial charge in [-0.05, 0) is 41.5 Å². The Morgan fingerprint density at radius 2 is 1.56 bits per heavy atom. The van der Waals surface area contributed by atoms with Crippen molar-refractivity contribution in [3.63, 3.8) is 0 Å². The van der Waals surface area contributed by atoms with E-state index in [1.807, 2.05) is 84.9 Å². The first-order valence-electron chi connectivity index (χ1n) is 14.4. The maximum atomic E-state index is 13.4. The van der Waals surface area contributed by atoms with Crippen LogP contribution in [0.2, 0.25) is 0 Å². The predicted octanol–water partition coefficient (Wildman–Crippen LogP) is 2.38. The van der Waals surface area contributed by atoms with Crippen molar-refractivity contribution < 1.29 is 34.2 Å². The summed E-state index contributed by atoms with van der Waals surface area (Å²) in [5, 5.41) is 23.4. The van der Waals surface area contributed by atoms with E-state index in [4.69, 9.17) is 9.57 Å². The molecule has 1 heterocycles. The maximum Gasteiger partial charge on any atom is 0.257 e. The minimum atomic E-state index is -1.91. The van der Waals surface area contributed by atoms with Crippen LogP contribution in [0.15, 0.2) is 84.9 Å². The number of carbonyl (C=O) groups is 3. The average molecular weight is 590 g/mol. The van der Waals surface area contributed by atoms with Crippen molar-refractivity contribution in [3.8, 4) is 11.1 Å². The monoisotopic (exact) mass is 589 g/mol. The number of Topliss-reactive ketones (excluding diaryl/α,β-unsaturated/α-hetero) is 1. The van der Waals surface area contributed by atoms with Gasteiger partial charge in [-0.3, -0.25) is 19.2 Å². The molecule has 43 heavy (non-hydrogen) atoms. The van der Waals surface area contributed by atoms with Crippen LogP contribution in [-0.2, 0) is 37.1 Å². The van der Waals surface area contributed by atoms with E-state index in [-0.39, 0.29) is 19.1 Å². The van der Waals surface area contributed by atoms with Crippen LogP contribution >= 0.6 is 0 Å². The van der Waals surface area contributed by atoms with Crippen LogP contribution in [-0.4, -0.2) is 77.3 Å². The molecule has 0 aromatic heterocycles. The van der Waals surface area contributed by atoms with Gasteiger partial charge in [-0.15, -0.1) is 0 Å². The molecule has 10 nitrogen and oxygen atoms in total. The Bertz CT molecular complexity index is 1320. The Kier molecular flexibility index (Phi) is 12.0. The molecule has 0 aliphatic carbocycles. The SMILES string of the molecule is CO[C@@H](C(=O)NC1CCCCN(Cc2ccc(-c3ccccc3)cc2)C1=O)C(=O)[C@@H](O)[C@@H](O)CNOCc1ccccc1. The lowest BCUT2D eigenvalue weighted by Crippen LogP contribution is -2.54. The highest BCUT2D eigenvalue weighted by Crippen LogP contribution is 2.21. The number of ketones is 1. The third kappa shape index (κ3) is 9.03. The number of aliphatic hydroxyl groups is 2. The molecule has 0 saturated carbocycles. The second-order valence-corrected chi connectivity index (χ2v) is 10.5. The molecular formula is C33H39N3O7. The van der Waals surface area contributed by atoms with Crippen molar-refractivity contribution in [2.45, 2.75) is 56.8 Å². The Hall–Kier alpha value is -3.93. The molecule has 10 heteroatoms. The maximum absolute atomic E-state index is 13.4. The number of aliphatic hydroxyl groups excluding tert-OH is 2. The van der Waals surface area contributed by atoms with Gasteiger partial charge in [0.15, 0.2) is 6.10 Å². The van der Waals surface area contributed by atoms with Crippen LogP contribution in [0.25, 0.3) is 11.1 Å². The first kappa shape index (κ1) is 32.0. The number of rotatable bonds is 14. The number of hydrogen-bond acceptors (Lipinski definition) is 8. The molecule has 0 spiro atoms. The highest BCUT2D eigenvalue weighted by molar-refractivity contribution is 6.07. The molecule has 1 aliphatic heterocycles. The Morgan fingerprint density at radius 3 is 2.23 bits per heavy atom. The van der Waals surface area contributed by atoms with Crippen molar-refractivity contribution in [2.24, 2.45) is 0 Å². The summed E-state index contributed by atoms with van der Waals surface area (Å²) in [6, 6.07) is 26.5. The minimum absolute atomic E-state index is 0.214. The molecule has 0 radical (unpaired) electrons. The zero-order valence-electron chi connectivity index (χ0n) is 24.2. The minimum Gasteiger partial charge on any atom is -0.389 e. The van der Waals surface area contributed by atoms with Crippen LogP contribution in [0, 0.1) is 0 Å². The summed E-state index contributed by atoms with van der Waals surface area (Å²) in [7, 11) is 1.16. The zero-order chi connectivity index (χ0) is 30.6. The summed E-state index contributed by atoms with van der Waals surface area (Å²) in [5.74, 6) is -2.12. The number of amides is 2. The normalized spacial score (nSPS) is 17.5. The van der Waals surface area contributed by atoms with Gasteiger partial charge in [-0.1, -0.05) is 84.9 Å². The summed E-state index contributed by atoms with van der Waals surface area (Å²) in [6.45, 7) is 0.881. The van der Waals surface area contributed by atoms with E-state index < -0.39 is 36.0 Å². The van der Waals surface area contributed by atoms with E-state index >= 15 is 0 Å². The molecule has 3 aromatic rings. The molecular weight excluding hydrogens is 550 g/mol. The first-order valence-corrected chi connectivity index (χ1v) is 14.4. The molecule has 228 valence electrons. The van der Waals surface area contributed by atoms with E-state index in [0.29, 0.717) is 25.9 Å². The molecule has 4 atom stereocenters. The van der Waals surface area contributed by atoms with Gasteiger partial charge in [0.25, 0.3) is 5.91 Å². The topological polar surface area (TPSA) is 137 Å². The van der Waals surface area contributed by atoms with Crippen LogP contribution in [0.5, 0.6) is 0 Å². The number of nitrogens with one attached hydrogen (secondary N) is 2. The van der Waals surface area contributed by atoms with Crippen LogP contribution in [0.1, 0.15) is 30.4 Å². The lowest BCUT2D eigenvalue weighted by molar-refractivity contribution is -0.153. The van der Waals surface area contributed by atoms with Gasteiger partial charge in [0.1, 0.15) is 18.2 Å². The number of ether oxygens (including phenoxy) is 1. The van der Waals surface area contributed by atoms with Gasteiger partial charge < -0.3 is 25.2 Å². The largest absolute Gasteiger partial charge is 0.389 e. The molecule has 2 amide bonds. The summed E-state index contributed by atoms with van der Waals surface area (Å²) in [6.07, 6.45) is -3.28. The average Bonchev–Trinajstić information content (AvgIpc) is 3.20.